The second-order valence-corrected chi connectivity index (χ2v) is 6.36. The fourth-order valence-electron chi connectivity index (χ4n) is 2.07. The summed E-state index contributed by atoms with van der Waals surface area (Å²) in [5.41, 5.74) is 3.44. The van der Waals surface area contributed by atoms with Gasteiger partial charge in [-0.25, -0.2) is 4.98 Å². The summed E-state index contributed by atoms with van der Waals surface area (Å²) in [5, 5.41) is 3.12. The van der Waals surface area contributed by atoms with Crippen LogP contribution in [0.2, 0.25) is 0 Å². The molecular weight excluding hydrogens is 296 g/mol. The van der Waals surface area contributed by atoms with Gasteiger partial charge in [-0.15, -0.1) is 0 Å². The molecular formula is C17H16N2O2S. The molecule has 2 aromatic carbocycles. The topological polar surface area (TPSA) is 55.1 Å². The number of nitrogens with one attached hydrogen (secondary N) is 1. The monoisotopic (exact) mass is 312 g/mol. The Morgan fingerprint density at radius 1 is 1.23 bits per heavy atom. The maximum atomic E-state index is 12.2. The van der Waals surface area contributed by atoms with E-state index in [2.05, 4.69) is 10.3 Å². The second kappa shape index (κ2) is 6.23. The standard InChI is InChI=1S/C17H16N2O2S/c1-11-6-5-7-13(10-11)18-16(20)12(2)22-17-19-14-8-3-4-9-15(14)21-17/h3-10,12H,1-2H3,(H,18,20). The van der Waals surface area contributed by atoms with Crippen LogP contribution in [0.1, 0.15) is 12.5 Å². The number of aromatic nitrogens is 1. The van der Waals surface area contributed by atoms with Crippen molar-refractivity contribution in [1.29, 1.82) is 0 Å². The molecule has 1 atom stereocenters. The van der Waals surface area contributed by atoms with Gasteiger partial charge in [0.2, 0.25) is 5.91 Å². The molecule has 3 aromatic rings. The predicted octanol–water partition coefficient (Wildman–Crippen LogP) is 4.26. The second-order valence-electron chi connectivity index (χ2n) is 5.07. The third kappa shape index (κ3) is 3.31. The number of thioether (sulfide) groups is 1. The number of carbonyl (C=O) groups excluding carboxylic acids is 1. The van der Waals surface area contributed by atoms with Gasteiger partial charge in [0.25, 0.3) is 5.22 Å². The molecule has 112 valence electrons. The largest absolute Gasteiger partial charge is 0.431 e. The minimum Gasteiger partial charge on any atom is -0.431 e. The van der Waals surface area contributed by atoms with Gasteiger partial charge in [0.15, 0.2) is 5.58 Å². The molecule has 3 rings (SSSR count). The molecule has 22 heavy (non-hydrogen) atoms. The summed E-state index contributed by atoms with van der Waals surface area (Å²) in [6, 6.07) is 15.3. The lowest BCUT2D eigenvalue weighted by molar-refractivity contribution is -0.115. The summed E-state index contributed by atoms with van der Waals surface area (Å²) in [5.74, 6) is -0.0714. The number of rotatable bonds is 4. The van der Waals surface area contributed by atoms with E-state index in [0.717, 1.165) is 22.4 Å². The number of hydrogen-bond donors (Lipinski definition) is 1. The molecule has 1 aromatic heterocycles. The molecule has 0 radical (unpaired) electrons. The van der Waals surface area contributed by atoms with Crippen molar-refractivity contribution in [2.24, 2.45) is 0 Å². The van der Waals surface area contributed by atoms with E-state index in [-0.39, 0.29) is 11.2 Å². The molecule has 4 nitrogen and oxygen atoms in total. The quantitative estimate of drug-likeness (QED) is 0.732. The zero-order chi connectivity index (χ0) is 15.5. The highest BCUT2D eigenvalue weighted by molar-refractivity contribution is 8.00. The number of nitrogens with zero attached hydrogens (tertiary/aromatic N) is 1. The Kier molecular flexibility index (Phi) is 4.15. The predicted molar refractivity (Wildman–Crippen MR) is 89.1 cm³/mol. The third-order valence-corrected chi connectivity index (χ3v) is 4.15. The van der Waals surface area contributed by atoms with Gasteiger partial charge in [-0.05, 0) is 43.7 Å². The maximum absolute atomic E-state index is 12.2. The Balaban J connectivity index is 1.68. The van der Waals surface area contributed by atoms with Gasteiger partial charge in [0.05, 0.1) is 5.25 Å². The van der Waals surface area contributed by atoms with E-state index in [1.165, 1.54) is 11.8 Å². The average Bonchev–Trinajstić information content (AvgIpc) is 2.89. The lowest BCUT2D eigenvalue weighted by atomic mass is 10.2. The molecule has 0 fully saturated rings. The Morgan fingerprint density at radius 2 is 2.05 bits per heavy atom. The van der Waals surface area contributed by atoms with Gasteiger partial charge < -0.3 is 9.73 Å². The highest BCUT2D eigenvalue weighted by atomic mass is 32.2. The van der Waals surface area contributed by atoms with Crippen molar-refractivity contribution in [2.75, 3.05) is 5.32 Å². The SMILES string of the molecule is Cc1cccc(NC(=O)C(C)Sc2nc3ccccc3o2)c1. The zero-order valence-corrected chi connectivity index (χ0v) is 13.2. The molecule has 5 heteroatoms. The molecule has 0 aliphatic heterocycles. The molecule has 0 bridgehead atoms. The van der Waals surface area contributed by atoms with Crippen LogP contribution in [0.4, 0.5) is 5.69 Å². The number of para-hydroxylation sites is 2. The first-order valence-electron chi connectivity index (χ1n) is 7.01. The van der Waals surface area contributed by atoms with Crippen molar-refractivity contribution < 1.29 is 9.21 Å². The first-order valence-corrected chi connectivity index (χ1v) is 7.89. The number of anilines is 1. The summed E-state index contributed by atoms with van der Waals surface area (Å²) >= 11 is 1.31. The van der Waals surface area contributed by atoms with E-state index in [4.69, 9.17) is 4.42 Å². The van der Waals surface area contributed by atoms with Crippen molar-refractivity contribution in [2.45, 2.75) is 24.3 Å². The first-order chi connectivity index (χ1) is 10.6. The van der Waals surface area contributed by atoms with E-state index in [1.54, 1.807) is 0 Å². The zero-order valence-electron chi connectivity index (χ0n) is 12.4. The van der Waals surface area contributed by atoms with Crippen LogP contribution in [-0.2, 0) is 4.79 Å². The Labute approximate surface area is 132 Å². The molecule has 0 saturated carbocycles. The third-order valence-electron chi connectivity index (χ3n) is 3.21. The van der Waals surface area contributed by atoms with Gasteiger partial charge in [0.1, 0.15) is 5.52 Å². The van der Waals surface area contributed by atoms with Crippen molar-refractivity contribution in [3.63, 3.8) is 0 Å². The fourth-order valence-corrected chi connectivity index (χ4v) is 2.83. The Morgan fingerprint density at radius 3 is 2.82 bits per heavy atom. The number of hydrogen-bond acceptors (Lipinski definition) is 4. The van der Waals surface area contributed by atoms with Crippen LogP contribution >= 0.6 is 11.8 Å². The minimum atomic E-state index is -0.298. The normalized spacial score (nSPS) is 12.3. The molecule has 0 aliphatic carbocycles. The number of fused-ring (bicyclic) bond motifs is 1. The van der Waals surface area contributed by atoms with Crippen LogP contribution in [0.15, 0.2) is 58.2 Å². The number of carbonyl (C=O) groups is 1. The van der Waals surface area contributed by atoms with Crippen molar-refractivity contribution in [1.82, 2.24) is 4.98 Å². The lowest BCUT2D eigenvalue weighted by Crippen LogP contribution is -2.22. The summed E-state index contributed by atoms with van der Waals surface area (Å²) in [6.07, 6.45) is 0. The van der Waals surface area contributed by atoms with Gasteiger partial charge in [-0.3, -0.25) is 4.79 Å². The molecule has 0 spiro atoms. The van der Waals surface area contributed by atoms with E-state index >= 15 is 0 Å². The smallest absolute Gasteiger partial charge is 0.257 e. The summed E-state index contributed by atoms with van der Waals surface area (Å²) in [4.78, 5) is 16.6. The highest BCUT2D eigenvalue weighted by Crippen LogP contribution is 2.27. The van der Waals surface area contributed by atoms with Crippen molar-refractivity contribution >= 4 is 34.5 Å². The van der Waals surface area contributed by atoms with Gasteiger partial charge in [-0.2, -0.15) is 0 Å². The summed E-state index contributed by atoms with van der Waals surface area (Å²) < 4.78 is 5.63. The number of benzene rings is 2. The van der Waals surface area contributed by atoms with Crippen molar-refractivity contribution in [3.8, 4) is 0 Å². The van der Waals surface area contributed by atoms with Crippen molar-refractivity contribution in [3.05, 3.63) is 54.1 Å². The van der Waals surface area contributed by atoms with Crippen LogP contribution in [0.5, 0.6) is 0 Å². The van der Waals surface area contributed by atoms with Gasteiger partial charge in [-0.1, -0.05) is 36.0 Å². The Hall–Kier alpha value is -2.27. The van der Waals surface area contributed by atoms with Crippen LogP contribution in [0.25, 0.3) is 11.1 Å². The number of amides is 1. The van der Waals surface area contributed by atoms with E-state index in [1.807, 2.05) is 62.4 Å². The lowest BCUT2D eigenvalue weighted by Gasteiger charge is -2.10. The highest BCUT2D eigenvalue weighted by Gasteiger charge is 2.18. The number of aryl methyl sites for hydroxylation is 1. The molecule has 1 N–H and O–H groups in total. The molecule has 1 unspecified atom stereocenters. The van der Waals surface area contributed by atoms with Crippen LogP contribution < -0.4 is 5.32 Å². The average molecular weight is 312 g/mol. The van der Waals surface area contributed by atoms with E-state index in [9.17, 15) is 4.79 Å². The molecule has 0 saturated heterocycles. The molecule has 0 aliphatic rings. The summed E-state index contributed by atoms with van der Waals surface area (Å²) in [7, 11) is 0. The fraction of sp³-hybridized carbons (Fsp3) is 0.176. The van der Waals surface area contributed by atoms with Gasteiger partial charge in [0, 0.05) is 5.69 Å². The van der Waals surface area contributed by atoms with E-state index in [0.29, 0.717) is 5.22 Å². The minimum absolute atomic E-state index is 0.0714. The van der Waals surface area contributed by atoms with E-state index < -0.39 is 0 Å². The van der Waals surface area contributed by atoms with Crippen LogP contribution in [0.3, 0.4) is 0 Å². The maximum Gasteiger partial charge on any atom is 0.257 e. The number of oxazole rings is 1. The Bertz CT molecular complexity index is 780. The van der Waals surface area contributed by atoms with Crippen LogP contribution in [0, 0.1) is 6.92 Å². The molecule has 1 heterocycles. The summed E-state index contributed by atoms with van der Waals surface area (Å²) in [6.45, 7) is 3.83. The molecule has 1 amide bonds. The first kappa shape index (κ1) is 14.7. The van der Waals surface area contributed by atoms with Crippen LogP contribution in [-0.4, -0.2) is 16.1 Å². The van der Waals surface area contributed by atoms with Gasteiger partial charge >= 0.3 is 0 Å².